The van der Waals surface area contributed by atoms with Gasteiger partial charge in [-0.3, -0.25) is 4.57 Å². The molecule has 3 rings (SSSR count). The smallest absolute Gasteiger partial charge is 0.167 e. The molecule has 1 aliphatic rings. The van der Waals surface area contributed by atoms with Crippen LogP contribution in [0.5, 0.6) is 0 Å². The number of aliphatic hydroxyl groups is 3. The van der Waals surface area contributed by atoms with E-state index in [-0.39, 0.29) is 6.61 Å². The number of nitrogens with one attached hydrogen (secondary N) is 1. The minimum atomic E-state index is -1.18. The number of hydrogen-bond acceptors (Lipinski definition) is 8. The maximum absolute atomic E-state index is 10.3. The van der Waals surface area contributed by atoms with Crippen LogP contribution in [0.2, 0.25) is 0 Å². The van der Waals surface area contributed by atoms with E-state index in [0.717, 1.165) is 25.7 Å². The molecule has 144 valence electrons. The van der Waals surface area contributed by atoms with Crippen LogP contribution in [0, 0.1) is 0 Å². The molecule has 4 atom stereocenters. The Bertz CT molecular complexity index is 718. The molecule has 9 heteroatoms. The molecule has 1 fully saturated rings. The monoisotopic (exact) mass is 365 g/mol. The van der Waals surface area contributed by atoms with Gasteiger partial charge in [0.25, 0.3) is 0 Å². The van der Waals surface area contributed by atoms with Gasteiger partial charge in [0.15, 0.2) is 23.2 Å². The summed E-state index contributed by atoms with van der Waals surface area (Å²) in [4.78, 5) is 13.0. The normalized spacial score (nSPS) is 26.1. The van der Waals surface area contributed by atoms with E-state index in [1.54, 1.807) is 4.57 Å². The van der Waals surface area contributed by atoms with Crippen LogP contribution >= 0.6 is 0 Å². The van der Waals surface area contributed by atoms with Crippen molar-refractivity contribution in [3.05, 3.63) is 12.7 Å². The van der Waals surface area contributed by atoms with E-state index in [4.69, 9.17) is 4.74 Å². The third kappa shape index (κ3) is 3.52. The Morgan fingerprint density at radius 3 is 2.50 bits per heavy atom. The van der Waals surface area contributed by atoms with E-state index in [1.807, 2.05) is 0 Å². The summed E-state index contributed by atoms with van der Waals surface area (Å²) < 4.78 is 7.15. The molecule has 0 radical (unpaired) electrons. The third-order valence-corrected chi connectivity index (χ3v) is 4.77. The molecular weight excluding hydrogens is 338 g/mol. The number of imidazole rings is 1. The molecule has 0 bridgehead atoms. The molecule has 0 spiro atoms. The predicted octanol–water partition coefficient (Wildman–Crippen LogP) is 0.818. The fraction of sp³-hybridized carbons (Fsp3) is 0.706. The second-order valence-corrected chi connectivity index (χ2v) is 6.69. The average molecular weight is 365 g/mol. The zero-order valence-electron chi connectivity index (χ0n) is 15.1. The predicted molar refractivity (Wildman–Crippen MR) is 95.6 cm³/mol. The van der Waals surface area contributed by atoms with Crippen molar-refractivity contribution in [2.75, 3.05) is 11.9 Å². The molecule has 0 saturated carbocycles. The zero-order chi connectivity index (χ0) is 18.7. The number of aromatic nitrogens is 4. The number of ether oxygens (including phenoxy) is 1. The molecule has 0 aromatic carbocycles. The Labute approximate surface area is 152 Å². The molecule has 0 amide bonds. The first-order valence-electron chi connectivity index (χ1n) is 9.17. The van der Waals surface area contributed by atoms with Gasteiger partial charge in [-0.1, -0.05) is 26.7 Å². The highest BCUT2D eigenvalue weighted by atomic mass is 16.6. The summed E-state index contributed by atoms with van der Waals surface area (Å²) in [5.41, 5.74) is 1.09. The molecule has 0 unspecified atom stereocenters. The van der Waals surface area contributed by atoms with Crippen LogP contribution in [0.4, 0.5) is 5.82 Å². The number of fused-ring (bicyclic) bond motifs is 1. The van der Waals surface area contributed by atoms with Crippen molar-refractivity contribution in [1.82, 2.24) is 19.5 Å². The maximum atomic E-state index is 10.3. The summed E-state index contributed by atoms with van der Waals surface area (Å²) in [5.74, 6) is 0.646. The fourth-order valence-electron chi connectivity index (χ4n) is 3.43. The molecular formula is C17H27N5O4. The average Bonchev–Trinajstić information content (AvgIpc) is 3.18. The summed E-state index contributed by atoms with van der Waals surface area (Å²) in [5, 5.41) is 32.9. The first-order valence-corrected chi connectivity index (χ1v) is 9.17. The fourth-order valence-corrected chi connectivity index (χ4v) is 3.43. The number of aliphatic hydroxyl groups excluding tert-OH is 3. The molecule has 2 aromatic heterocycles. The van der Waals surface area contributed by atoms with Gasteiger partial charge in [0.2, 0.25) is 0 Å². The van der Waals surface area contributed by atoms with E-state index >= 15 is 0 Å². The molecule has 2 aromatic rings. The second-order valence-electron chi connectivity index (χ2n) is 6.69. The topological polar surface area (TPSA) is 126 Å². The van der Waals surface area contributed by atoms with E-state index in [1.165, 1.54) is 12.7 Å². The first-order chi connectivity index (χ1) is 12.6. The Hall–Kier alpha value is -1.81. The lowest BCUT2D eigenvalue weighted by Crippen LogP contribution is -2.33. The lowest BCUT2D eigenvalue weighted by Gasteiger charge is -2.19. The standard InChI is InChI=1S/C17H27N5O4/c1-3-5-10(6-4-2)21-15-12-16(19-8-18-15)22(9-20-12)17-14(25)13(24)11(7-23)26-17/h8-11,13-14,17,23-25H,3-7H2,1-2H3,(H,18,19,21)/t11-,13-,14-,17-/m1/s1. The van der Waals surface area contributed by atoms with Gasteiger partial charge in [-0.2, -0.15) is 0 Å². The van der Waals surface area contributed by atoms with E-state index in [9.17, 15) is 15.3 Å². The summed E-state index contributed by atoms with van der Waals surface area (Å²) >= 11 is 0. The maximum Gasteiger partial charge on any atom is 0.167 e. The molecule has 1 saturated heterocycles. The second kappa shape index (κ2) is 8.26. The third-order valence-electron chi connectivity index (χ3n) is 4.77. The summed E-state index contributed by atoms with van der Waals surface area (Å²) in [7, 11) is 0. The number of nitrogens with zero attached hydrogens (tertiary/aromatic N) is 4. The van der Waals surface area contributed by atoms with Crippen molar-refractivity contribution >= 4 is 17.0 Å². The minimum absolute atomic E-state index is 0.308. The lowest BCUT2D eigenvalue weighted by atomic mass is 10.1. The minimum Gasteiger partial charge on any atom is -0.394 e. The van der Waals surface area contributed by atoms with Crippen molar-refractivity contribution in [2.24, 2.45) is 0 Å². The van der Waals surface area contributed by atoms with E-state index < -0.39 is 24.5 Å². The Morgan fingerprint density at radius 1 is 1.15 bits per heavy atom. The van der Waals surface area contributed by atoms with Crippen LogP contribution < -0.4 is 5.32 Å². The zero-order valence-corrected chi connectivity index (χ0v) is 15.1. The summed E-state index contributed by atoms with van der Waals surface area (Å²) in [6, 6.07) is 0.308. The molecule has 3 heterocycles. The van der Waals surface area contributed by atoms with Crippen molar-refractivity contribution in [2.45, 2.75) is 70.1 Å². The molecule has 26 heavy (non-hydrogen) atoms. The Morgan fingerprint density at radius 2 is 1.88 bits per heavy atom. The van der Waals surface area contributed by atoms with E-state index in [2.05, 4.69) is 34.1 Å². The molecule has 0 aliphatic carbocycles. The number of hydrogen-bond donors (Lipinski definition) is 4. The van der Waals surface area contributed by atoms with Gasteiger partial charge in [0.1, 0.15) is 24.6 Å². The van der Waals surface area contributed by atoms with Gasteiger partial charge >= 0.3 is 0 Å². The van der Waals surface area contributed by atoms with Gasteiger partial charge in [-0.15, -0.1) is 0 Å². The van der Waals surface area contributed by atoms with Gasteiger partial charge < -0.3 is 25.4 Å². The Kier molecular flexibility index (Phi) is 6.02. The van der Waals surface area contributed by atoms with E-state index in [0.29, 0.717) is 23.0 Å². The largest absolute Gasteiger partial charge is 0.394 e. The number of anilines is 1. The van der Waals surface area contributed by atoms with Gasteiger partial charge in [0.05, 0.1) is 12.9 Å². The first kappa shape index (κ1) is 19.0. The van der Waals surface area contributed by atoms with Crippen LogP contribution in [0.1, 0.15) is 45.8 Å². The summed E-state index contributed by atoms with van der Waals surface area (Å²) in [6.45, 7) is 3.92. The highest BCUT2D eigenvalue weighted by Gasteiger charge is 2.44. The molecule has 9 nitrogen and oxygen atoms in total. The van der Waals surface area contributed by atoms with Crippen LogP contribution in [0.3, 0.4) is 0 Å². The lowest BCUT2D eigenvalue weighted by molar-refractivity contribution is -0.0511. The molecule has 1 aliphatic heterocycles. The van der Waals surface area contributed by atoms with Crippen molar-refractivity contribution < 1.29 is 20.1 Å². The Balaban J connectivity index is 1.89. The highest BCUT2D eigenvalue weighted by Crippen LogP contribution is 2.32. The van der Waals surface area contributed by atoms with Crippen molar-refractivity contribution in [3.8, 4) is 0 Å². The van der Waals surface area contributed by atoms with Gasteiger partial charge in [-0.05, 0) is 12.8 Å². The van der Waals surface area contributed by atoms with Crippen LogP contribution in [0.15, 0.2) is 12.7 Å². The quantitative estimate of drug-likeness (QED) is 0.542. The molecule has 4 N–H and O–H groups in total. The number of rotatable bonds is 8. The highest BCUT2D eigenvalue weighted by molar-refractivity contribution is 5.82. The van der Waals surface area contributed by atoms with Crippen molar-refractivity contribution in [3.63, 3.8) is 0 Å². The van der Waals surface area contributed by atoms with Gasteiger partial charge in [0, 0.05) is 6.04 Å². The van der Waals surface area contributed by atoms with Crippen molar-refractivity contribution in [1.29, 1.82) is 0 Å². The van der Waals surface area contributed by atoms with Gasteiger partial charge in [-0.25, -0.2) is 15.0 Å². The van der Waals surface area contributed by atoms with Crippen LogP contribution in [0.25, 0.3) is 11.2 Å². The van der Waals surface area contributed by atoms with Crippen LogP contribution in [-0.2, 0) is 4.74 Å². The summed E-state index contributed by atoms with van der Waals surface area (Å²) in [6.07, 6.45) is 3.13. The van der Waals surface area contributed by atoms with Crippen LogP contribution in [-0.4, -0.2) is 65.8 Å². The SMILES string of the molecule is CCCC(CCC)Nc1ncnc2c1ncn2[C@@H]1O[C@H](CO)[C@@H](O)[C@H]1O.